The van der Waals surface area contributed by atoms with Crippen molar-refractivity contribution in [2.75, 3.05) is 5.32 Å². The number of amides is 1. The predicted octanol–water partition coefficient (Wildman–Crippen LogP) is 5.09. The second kappa shape index (κ2) is 8.04. The number of halogens is 3. The first-order chi connectivity index (χ1) is 12.8. The SMILES string of the molecule is CCn1nc(C)c(C(=O)Nc2nn(Cc3ccc(Cl)cc3Cl)cc2Br)c1C. The number of nitrogens with zero attached hydrogens (tertiary/aromatic N) is 4. The molecule has 0 aliphatic carbocycles. The number of rotatable bonds is 5. The molecule has 9 heteroatoms. The molecule has 0 aliphatic heterocycles. The van der Waals surface area contributed by atoms with E-state index in [0.717, 1.165) is 11.3 Å². The van der Waals surface area contributed by atoms with Crippen LogP contribution in [0, 0.1) is 13.8 Å². The molecule has 1 amide bonds. The summed E-state index contributed by atoms with van der Waals surface area (Å²) in [5.41, 5.74) is 2.97. The van der Waals surface area contributed by atoms with Gasteiger partial charge in [0.1, 0.15) is 0 Å². The number of hydrogen-bond acceptors (Lipinski definition) is 3. The lowest BCUT2D eigenvalue weighted by molar-refractivity contribution is 0.102. The van der Waals surface area contributed by atoms with E-state index in [2.05, 4.69) is 31.4 Å². The molecule has 3 rings (SSSR count). The average molecular weight is 471 g/mol. The summed E-state index contributed by atoms with van der Waals surface area (Å²) in [5.74, 6) is 0.202. The van der Waals surface area contributed by atoms with E-state index >= 15 is 0 Å². The van der Waals surface area contributed by atoms with Crippen LogP contribution in [-0.2, 0) is 13.1 Å². The van der Waals surface area contributed by atoms with Crippen molar-refractivity contribution < 1.29 is 4.79 Å². The van der Waals surface area contributed by atoms with Crippen LogP contribution in [0.3, 0.4) is 0 Å². The van der Waals surface area contributed by atoms with Crippen LogP contribution in [-0.4, -0.2) is 25.5 Å². The zero-order valence-electron chi connectivity index (χ0n) is 15.1. The molecule has 142 valence electrons. The van der Waals surface area contributed by atoms with Gasteiger partial charge in [-0.15, -0.1) is 0 Å². The predicted molar refractivity (Wildman–Crippen MR) is 111 cm³/mol. The van der Waals surface area contributed by atoms with Crippen LogP contribution in [0.5, 0.6) is 0 Å². The van der Waals surface area contributed by atoms with Gasteiger partial charge in [0.05, 0.1) is 22.3 Å². The summed E-state index contributed by atoms with van der Waals surface area (Å²) < 4.78 is 4.18. The van der Waals surface area contributed by atoms with Gasteiger partial charge in [-0.3, -0.25) is 14.2 Å². The van der Waals surface area contributed by atoms with E-state index in [-0.39, 0.29) is 5.91 Å². The largest absolute Gasteiger partial charge is 0.304 e. The summed E-state index contributed by atoms with van der Waals surface area (Å²) in [6.07, 6.45) is 1.79. The summed E-state index contributed by atoms with van der Waals surface area (Å²) in [6.45, 7) is 6.86. The second-order valence-corrected chi connectivity index (χ2v) is 7.77. The third-order valence-corrected chi connectivity index (χ3v) is 5.37. The van der Waals surface area contributed by atoms with Crippen LogP contribution in [0.2, 0.25) is 10.0 Å². The third kappa shape index (κ3) is 4.20. The van der Waals surface area contributed by atoms with Crippen molar-refractivity contribution in [2.45, 2.75) is 33.9 Å². The summed E-state index contributed by atoms with van der Waals surface area (Å²) in [7, 11) is 0. The van der Waals surface area contributed by atoms with Crippen molar-refractivity contribution in [1.29, 1.82) is 0 Å². The minimum Gasteiger partial charge on any atom is -0.304 e. The fourth-order valence-corrected chi connectivity index (χ4v) is 3.77. The van der Waals surface area contributed by atoms with Gasteiger partial charge in [-0.25, -0.2) is 0 Å². The molecule has 3 aromatic rings. The molecule has 6 nitrogen and oxygen atoms in total. The van der Waals surface area contributed by atoms with Gasteiger partial charge >= 0.3 is 0 Å². The first-order valence-corrected chi connectivity index (χ1v) is 9.87. The topological polar surface area (TPSA) is 64.7 Å². The van der Waals surface area contributed by atoms with E-state index in [1.165, 1.54) is 0 Å². The summed E-state index contributed by atoms with van der Waals surface area (Å²) in [4.78, 5) is 12.7. The Hall–Kier alpha value is -1.83. The van der Waals surface area contributed by atoms with E-state index in [1.807, 2.05) is 26.8 Å². The molecule has 0 saturated heterocycles. The minimum atomic E-state index is -0.236. The Bertz CT molecular complexity index is 1010. The number of aryl methyl sites for hydroxylation is 2. The number of carbonyl (C=O) groups excluding carboxylic acids is 1. The summed E-state index contributed by atoms with van der Waals surface area (Å²) in [5, 5.41) is 12.8. The highest BCUT2D eigenvalue weighted by Gasteiger charge is 2.20. The van der Waals surface area contributed by atoms with Crippen molar-refractivity contribution in [2.24, 2.45) is 0 Å². The Labute approximate surface area is 175 Å². The number of hydrogen-bond donors (Lipinski definition) is 1. The van der Waals surface area contributed by atoms with E-state index in [9.17, 15) is 4.79 Å². The van der Waals surface area contributed by atoms with Crippen LogP contribution in [0.1, 0.15) is 34.2 Å². The fraction of sp³-hybridized carbons (Fsp3) is 0.278. The van der Waals surface area contributed by atoms with Gasteiger partial charge in [0.2, 0.25) is 0 Å². The number of benzene rings is 1. The van der Waals surface area contributed by atoms with Crippen LogP contribution in [0.25, 0.3) is 0 Å². The number of aromatic nitrogens is 4. The van der Waals surface area contributed by atoms with Crippen molar-refractivity contribution >= 4 is 50.9 Å². The van der Waals surface area contributed by atoms with Crippen LogP contribution in [0.15, 0.2) is 28.9 Å². The highest BCUT2D eigenvalue weighted by molar-refractivity contribution is 9.10. The second-order valence-electron chi connectivity index (χ2n) is 6.07. The number of anilines is 1. The van der Waals surface area contributed by atoms with Gasteiger partial charge in [0.25, 0.3) is 5.91 Å². The maximum atomic E-state index is 12.7. The Morgan fingerprint density at radius 2 is 2.00 bits per heavy atom. The van der Waals surface area contributed by atoms with Gasteiger partial charge in [-0.1, -0.05) is 29.3 Å². The van der Waals surface area contributed by atoms with Gasteiger partial charge in [0.15, 0.2) is 5.82 Å². The van der Waals surface area contributed by atoms with Crippen molar-refractivity contribution in [1.82, 2.24) is 19.6 Å². The molecule has 2 heterocycles. The molecule has 0 atom stereocenters. The van der Waals surface area contributed by atoms with E-state index in [1.54, 1.807) is 27.7 Å². The first kappa shape index (κ1) is 19.9. The molecular weight excluding hydrogens is 453 g/mol. The zero-order chi connectivity index (χ0) is 19.7. The van der Waals surface area contributed by atoms with E-state index in [4.69, 9.17) is 23.2 Å². The quantitative estimate of drug-likeness (QED) is 0.565. The molecular formula is C18H18BrCl2N5O. The van der Waals surface area contributed by atoms with Gasteiger partial charge in [-0.05, 0) is 54.4 Å². The molecule has 0 radical (unpaired) electrons. The smallest absolute Gasteiger partial charge is 0.260 e. The third-order valence-electron chi connectivity index (χ3n) is 4.20. The lowest BCUT2D eigenvalue weighted by atomic mass is 10.2. The molecule has 0 aliphatic rings. The lowest BCUT2D eigenvalue weighted by Gasteiger charge is -2.06. The monoisotopic (exact) mass is 469 g/mol. The van der Waals surface area contributed by atoms with Crippen molar-refractivity contribution in [3.8, 4) is 0 Å². The van der Waals surface area contributed by atoms with Crippen LogP contribution < -0.4 is 5.32 Å². The molecule has 0 fully saturated rings. The molecule has 27 heavy (non-hydrogen) atoms. The molecule has 1 aromatic carbocycles. The van der Waals surface area contributed by atoms with Gasteiger partial charge < -0.3 is 5.32 Å². The van der Waals surface area contributed by atoms with Gasteiger partial charge in [-0.2, -0.15) is 10.2 Å². The zero-order valence-corrected chi connectivity index (χ0v) is 18.2. The Morgan fingerprint density at radius 3 is 2.63 bits per heavy atom. The average Bonchev–Trinajstić information content (AvgIpc) is 3.09. The molecule has 0 spiro atoms. The number of nitrogens with one attached hydrogen (secondary N) is 1. The Balaban J connectivity index is 1.81. The van der Waals surface area contributed by atoms with Crippen LogP contribution >= 0.6 is 39.1 Å². The minimum absolute atomic E-state index is 0.236. The molecule has 1 N–H and O–H groups in total. The maximum Gasteiger partial charge on any atom is 0.260 e. The van der Waals surface area contributed by atoms with E-state index in [0.29, 0.717) is 44.7 Å². The standard InChI is InChI=1S/C18H18BrCl2N5O/c1-4-26-11(3)16(10(2)23-26)18(27)22-17-14(19)9-25(24-17)8-12-5-6-13(20)7-15(12)21/h5-7,9H,4,8H2,1-3H3,(H,22,24,27). The lowest BCUT2D eigenvalue weighted by Crippen LogP contribution is -2.15. The highest BCUT2D eigenvalue weighted by Crippen LogP contribution is 2.25. The van der Waals surface area contributed by atoms with Gasteiger partial charge in [0, 0.05) is 28.5 Å². The summed E-state index contributed by atoms with van der Waals surface area (Å²) >= 11 is 15.6. The fourth-order valence-electron chi connectivity index (χ4n) is 2.89. The van der Waals surface area contributed by atoms with Crippen molar-refractivity contribution in [3.05, 3.63) is 61.4 Å². The first-order valence-electron chi connectivity index (χ1n) is 8.32. The maximum absolute atomic E-state index is 12.7. The van der Waals surface area contributed by atoms with Crippen LogP contribution in [0.4, 0.5) is 5.82 Å². The molecule has 0 bridgehead atoms. The normalized spacial score (nSPS) is 11.0. The molecule has 0 saturated carbocycles. The number of carbonyl (C=O) groups is 1. The van der Waals surface area contributed by atoms with Crippen molar-refractivity contribution in [3.63, 3.8) is 0 Å². The van der Waals surface area contributed by atoms with E-state index < -0.39 is 0 Å². The molecule has 2 aromatic heterocycles. The molecule has 0 unspecified atom stereocenters. The summed E-state index contributed by atoms with van der Waals surface area (Å²) in [6, 6.07) is 5.32. The highest BCUT2D eigenvalue weighted by atomic mass is 79.9. The Kier molecular flexibility index (Phi) is 5.93. The Morgan fingerprint density at radius 1 is 1.26 bits per heavy atom.